The fourth-order valence-corrected chi connectivity index (χ4v) is 2.06. The summed E-state index contributed by atoms with van der Waals surface area (Å²) < 4.78 is 13.1. The van der Waals surface area contributed by atoms with Gasteiger partial charge in [-0.05, 0) is 42.8 Å². The van der Waals surface area contributed by atoms with Gasteiger partial charge in [0.05, 0.1) is 5.02 Å². The zero-order chi connectivity index (χ0) is 14.0. The fourth-order valence-electron chi connectivity index (χ4n) is 1.71. The Bertz CT molecular complexity index is 643. The summed E-state index contributed by atoms with van der Waals surface area (Å²) in [6, 6.07) is 10.1. The van der Waals surface area contributed by atoms with Crippen molar-refractivity contribution < 1.29 is 4.39 Å². The number of benzene rings is 2. The highest BCUT2D eigenvalue weighted by atomic mass is 35.5. The molecule has 2 nitrogen and oxygen atoms in total. The Morgan fingerprint density at radius 3 is 2.63 bits per heavy atom. The molecule has 2 aromatic carbocycles. The van der Waals surface area contributed by atoms with Crippen molar-refractivity contribution in [3.63, 3.8) is 0 Å². The van der Waals surface area contributed by atoms with Crippen LogP contribution >= 0.6 is 23.8 Å². The molecule has 0 radical (unpaired) electrons. The SMILES string of the molecule is Cc1ccc(C(N)=S)c(Nc2ccc(F)c(Cl)c2)c1. The van der Waals surface area contributed by atoms with Crippen LogP contribution in [0.3, 0.4) is 0 Å². The largest absolute Gasteiger partial charge is 0.389 e. The molecule has 19 heavy (non-hydrogen) atoms. The molecule has 2 rings (SSSR count). The molecule has 0 saturated heterocycles. The minimum atomic E-state index is -0.453. The van der Waals surface area contributed by atoms with Crippen LogP contribution in [-0.2, 0) is 0 Å². The van der Waals surface area contributed by atoms with Gasteiger partial charge in [-0.3, -0.25) is 0 Å². The minimum Gasteiger partial charge on any atom is -0.389 e. The maximum atomic E-state index is 13.1. The number of anilines is 2. The normalized spacial score (nSPS) is 10.3. The molecule has 0 fully saturated rings. The smallest absolute Gasteiger partial charge is 0.141 e. The maximum Gasteiger partial charge on any atom is 0.141 e. The van der Waals surface area contributed by atoms with E-state index in [0.717, 1.165) is 16.8 Å². The third-order valence-electron chi connectivity index (χ3n) is 2.64. The van der Waals surface area contributed by atoms with Crippen LogP contribution < -0.4 is 11.1 Å². The minimum absolute atomic E-state index is 0.0644. The first-order valence-corrected chi connectivity index (χ1v) is 6.38. The lowest BCUT2D eigenvalue weighted by Gasteiger charge is -2.12. The lowest BCUT2D eigenvalue weighted by Crippen LogP contribution is -2.12. The van der Waals surface area contributed by atoms with Crippen LogP contribution in [0, 0.1) is 12.7 Å². The molecule has 5 heteroatoms. The first-order chi connectivity index (χ1) is 8.97. The second-order valence-corrected chi connectivity index (χ2v) is 5.01. The molecule has 0 atom stereocenters. The van der Waals surface area contributed by atoms with Crippen LogP contribution in [0.1, 0.15) is 11.1 Å². The lowest BCUT2D eigenvalue weighted by atomic mass is 10.1. The van der Waals surface area contributed by atoms with Crippen molar-refractivity contribution in [3.05, 3.63) is 58.4 Å². The van der Waals surface area contributed by atoms with E-state index < -0.39 is 5.82 Å². The predicted octanol–water partition coefficient (Wildman–Crippen LogP) is 4.17. The predicted molar refractivity (Wildman–Crippen MR) is 81.8 cm³/mol. The van der Waals surface area contributed by atoms with Gasteiger partial charge in [-0.15, -0.1) is 0 Å². The Hall–Kier alpha value is -1.65. The molecular weight excluding hydrogens is 283 g/mol. The maximum absolute atomic E-state index is 13.1. The number of aryl methyl sites for hydroxylation is 1. The molecule has 0 unspecified atom stereocenters. The van der Waals surface area contributed by atoms with E-state index in [9.17, 15) is 4.39 Å². The third kappa shape index (κ3) is 3.22. The summed E-state index contributed by atoms with van der Waals surface area (Å²) >= 11 is 10.8. The van der Waals surface area contributed by atoms with E-state index in [4.69, 9.17) is 29.6 Å². The molecular formula is C14H12ClFN2S. The van der Waals surface area contributed by atoms with Crippen molar-refractivity contribution >= 4 is 40.2 Å². The quantitative estimate of drug-likeness (QED) is 0.835. The van der Waals surface area contributed by atoms with E-state index in [1.54, 1.807) is 6.07 Å². The summed E-state index contributed by atoms with van der Waals surface area (Å²) in [6.45, 7) is 1.96. The van der Waals surface area contributed by atoms with E-state index in [-0.39, 0.29) is 5.02 Å². The second kappa shape index (κ2) is 5.55. The Morgan fingerprint density at radius 1 is 1.26 bits per heavy atom. The van der Waals surface area contributed by atoms with Crippen molar-refractivity contribution in [1.82, 2.24) is 0 Å². The molecule has 0 amide bonds. The van der Waals surface area contributed by atoms with Gasteiger partial charge in [0.25, 0.3) is 0 Å². The van der Waals surface area contributed by atoms with Crippen LogP contribution in [0.5, 0.6) is 0 Å². The summed E-state index contributed by atoms with van der Waals surface area (Å²) in [5.74, 6) is -0.453. The van der Waals surface area contributed by atoms with E-state index in [1.165, 1.54) is 12.1 Å². The Kier molecular flexibility index (Phi) is 4.02. The molecule has 0 heterocycles. The third-order valence-corrected chi connectivity index (χ3v) is 3.15. The topological polar surface area (TPSA) is 38.0 Å². The van der Waals surface area contributed by atoms with Gasteiger partial charge in [-0.25, -0.2) is 4.39 Å². The van der Waals surface area contributed by atoms with Gasteiger partial charge in [0.1, 0.15) is 10.8 Å². The summed E-state index contributed by atoms with van der Waals surface area (Å²) in [5, 5.41) is 3.21. The Balaban J connectivity index is 2.39. The number of rotatable bonds is 3. The summed E-state index contributed by atoms with van der Waals surface area (Å²) in [7, 11) is 0. The van der Waals surface area contributed by atoms with Gasteiger partial charge in [-0.1, -0.05) is 29.9 Å². The van der Waals surface area contributed by atoms with Crippen molar-refractivity contribution in [2.24, 2.45) is 5.73 Å². The van der Waals surface area contributed by atoms with Crippen molar-refractivity contribution in [2.45, 2.75) is 6.92 Å². The van der Waals surface area contributed by atoms with E-state index in [0.29, 0.717) is 10.7 Å². The molecule has 0 aliphatic rings. The van der Waals surface area contributed by atoms with Gasteiger partial charge in [-0.2, -0.15) is 0 Å². The monoisotopic (exact) mass is 294 g/mol. The molecule has 98 valence electrons. The lowest BCUT2D eigenvalue weighted by molar-refractivity contribution is 0.628. The first-order valence-electron chi connectivity index (χ1n) is 5.60. The fraction of sp³-hybridized carbons (Fsp3) is 0.0714. The van der Waals surface area contributed by atoms with Crippen LogP contribution in [0.15, 0.2) is 36.4 Å². The second-order valence-electron chi connectivity index (χ2n) is 4.17. The van der Waals surface area contributed by atoms with E-state index in [1.807, 2.05) is 25.1 Å². The number of hydrogen-bond donors (Lipinski definition) is 2. The van der Waals surface area contributed by atoms with Crippen LogP contribution in [0.2, 0.25) is 5.02 Å². The number of nitrogens with one attached hydrogen (secondary N) is 1. The summed E-state index contributed by atoms with van der Waals surface area (Å²) in [5.41, 5.74) is 8.93. The zero-order valence-corrected chi connectivity index (χ0v) is 11.8. The van der Waals surface area contributed by atoms with Crippen molar-refractivity contribution in [1.29, 1.82) is 0 Å². The highest BCUT2D eigenvalue weighted by molar-refractivity contribution is 7.80. The van der Waals surface area contributed by atoms with Gasteiger partial charge in [0.2, 0.25) is 0 Å². The van der Waals surface area contributed by atoms with Gasteiger partial charge < -0.3 is 11.1 Å². The molecule has 0 spiro atoms. The van der Waals surface area contributed by atoms with E-state index >= 15 is 0 Å². The van der Waals surface area contributed by atoms with E-state index in [2.05, 4.69) is 5.32 Å². The summed E-state index contributed by atoms with van der Waals surface area (Å²) in [4.78, 5) is 0.302. The molecule has 0 aliphatic carbocycles. The number of thiocarbonyl (C=S) groups is 1. The zero-order valence-electron chi connectivity index (χ0n) is 10.2. The molecule has 3 N–H and O–H groups in total. The Morgan fingerprint density at radius 2 is 2.00 bits per heavy atom. The molecule has 0 aromatic heterocycles. The molecule has 0 saturated carbocycles. The molecule has 0 aliphatic heterocycles. The average Bonchev–Trinajstić information content (AvgIpc) is 2.33. The summed E-state index contributed by atoms with van der Waals surface area (Å²) in [6.07, 6.45) is 0. The standard InChI is InChI=1S/C14H12ClFN2S/c1-8-2-4-10(14(17)19)13(6-8)18-9-3-5-12(16)11(15)7-9/h2-7,18H,1H3,(H2,17,19). The van der Waals surface area contributed by atoms with Crippen LogP contribution in [0.25, 0.3) is 0 Å². The highest BCUT2D eigenvalue weighted by Crippen LogP contribution is 2.25. The molecule has 0 bridgehead atoms. The van der Waals surface area contributed by atoms with Gasteiger partial charge in [0, 0.05) is 16.9 Å². The number of hydrogen-bond acceptors (Lipinski definition) is 2. The number of nitrogens with two attached hydrogens (primary N) is 1. The van der Waals surface area contributed by atoms with Crippen LogP contribution in [-0.4, -0.2) is 4.99 Å². The highest BCUT2D eigenvalue weighted by Gasteiger charge is 2.07. The van der Waals surface area contributed by atoms with Gasteiger partial charge >= 0.3 is 0 Å². The number of halogens is 2. The Labute approximate surface area is 121 Å². The van der Waals surface area contributed by atoms with Crippen LogP contribution in [0.4, 0.5) is 15.8 Å². The van der Waals surface area contributed by atoms with Crippen molar-refractivity contribution in [3.8, 4) is 0 Å². The van der Waals surface area contributed by atoms with Gasteiger partial charge in [0.15, 0.2) is 0 Å². The van der Waals surface area contributed by atoms with Crippen molar-refractivity contribution in [2.75, 3.05) is 5.32 Å². The molecule has 2 aromatic rings. The first kappa shape index (κ1) is 13.8. The average molecular weight is 295 g/mol.